The Bertz CT molecular complexity index is 1480. The number of hydrazone groups is 1. The summed E-state index contributed by atoms with van der Waals surface area (Å²) in [5.74, 6) is 6.01. The first-order valence-electron chi connectivity index (χ1n) is 11.8. The van der Waals surface area contributed by atoms with Crippen LogP contribution in [0.3, 0.4) is 0 Å². The van der Waals surface area contributed by atoms with Crippen molar-refractivity contribution in [1.29, 1.82) is 0 Å². The van der Waals surface area contributed by atoms with E-state index in [2.05, 4.69) is 10.1 Å². The van der Waals surface area contributed by atoms with E-state index in [4.69, 9.17) is 5.84 Å². The van der Waals surface area contributed by atoms with Gasteiger partial charge in [-0.2, -0.15) is 5.10 Å². The number of halogens is 1. The molecular formula is C28H28FN5O. The molecule has 1 fully saturated rings. The molecule has 0 amide bonds. The van der Waals surface area contributed by atoms with E-state index in [0.717, 1.165) is 46.5 Å². The van der Waals surface area contributed by atoms with Gasteiger partial charge in [0.2, 0.25) is 0 Å². The van der Waals surface area contributed by atoms with Crippen LogP contribution in [0.25, 0.3) is 5.69 Å². The molecule has 0 aliphatic heterocycles. The first-order chi connectivity index (χ1) is 16.9. The van der Waals surface area contributed by atoms with Crippen molar-refractivity contribution in [3.05, 3.63) is 117 Å². The van der Waals surface area contributed by atoms with Gasteiger partial charge in [-0.25, -0.2) is 9.37 Å². The summed E-state index contributed by atoms with van der Waals surface area (Å²) in [6, 6.07) is 13.8. The molecule has 1 aliphatic carbocycles. The van der Waals surface area contributed by atoms with Gasteiger partial charge in [-0.3, -0.25) is 4.79 Å². The standard InChI is InChI=1S/C28H28FN5O/c1-17-12-22(8-11-26(17)33-14-18(2)31-16-33)27(32-30)25-13-23(21-4-5-21)15-34(28(25)35)19(3)20-6-9-24(29)10-7-20/h6-16,19,21H,4-5,30H2,1-3H3/b32-27-. The Hall–Kier alpha value is -4.00. The van der Waals surface area contributed by atoms with Crippen molar-refractivity contribution in [2.45, 2.75) is 45.6 Å². The quantitative estimate of drug-likeness (QED) is 0.246. The normalized spacial score (nSPS) is 14.8. The molecule has 1 atom stereocenters. The molecule has 0 saturated heterocycles. The number of aromatic nitrogens is 3. The number of hydrogen-bond donors (Lipinski definition) is 1. The van der Waals surface area contributed by atoms with E-state index in [0.29, 0.717) is 17.2 Å². The van der Waals surface area contributed by atoms with Gasteiger partial charge in [-0.05, 0) is 86.6 Å². The first-order valence-corrected chi connectivity index (χ1v) is 11.8. The zero-order chi connectivity index (χ0) is 24.7. The summed E-state index contributed by atoms with van der Waals surface area (Å²) >= 11 is 0. The van der Waals surface area contributed by atoms with Crippen molar-refractivity contribution < 1.29 is 4.39 Å². The lowest BCUT2D eigenvalue weighted by Crippen LogP contribution is -2.30. The second kappa shape index (κ2) is 8.98. The van der Waals surface area contributed by atoms with Crippen LogP contribution in [0.4, 0.5) is 4.39 Å². The number of imidazole rings is 1. The van der Waals surface area contributed by atoms with E-state index in [9.17, 15) is 9.18 Å². The fraction of sp³-hybridized carbons (Fsp3) is 0.250. The third kappa shape index (κ3) is 4.41. The van der Waals surface area contributed by atoms with Crippen LogP contribution in [-0.2, 0) is 0 Å². The highest BCUT2D eigenvalue weighted by Crippen LogP contribution is 2.40. The maximum Gasteiger partial charge on any atom is 0.260 e. The van der Waals surface area contributed by atoms with Crippen LogP contribution >= 0.6 is 0 Å². The third-order valence-corrected chi connectivity index (χ3v) is 6.73. The summed E-state index contributed by atoms with van der Waals surface area (Å²) in [6.45, 7) is 5.91. The van der Waals surface area contributed by atoms with E-state index in [1.54, 1.807) is 23.0 Å². The highest BCUT2D eigenvalue weighted by Gasteiger charge is 2.27. The second-order valence-electron chi connectivity index (χ2n) is 9.30. The molecule has 35 heavy (non-hydrogen) atoms. The van der Waals surface area contributed by atoms with E-state index >= 15 is 0 Å². The van der Waals surface area contributed by atoms with E-state index in [1.807, 2.05) is 62.0 Å². The molecule has 2 N–H and O–H groups in total. The molecule has 0 radical (unpaired) electrons. The lowest BCUT2D eigenvalue weighted by molar-refractivity contribution is 0.600. The van der Waals surface area contributed by atoms with Crippen LogP contribution in [0.2, 0.25) is 0 Å². The smallest absolute Gasteiger partial charge is 0.260 e. The molecule has 178 valence electrons. The molecule has 0 spiro atoms. The predicted molar refractivity (Wildman–Crippen MR) is 136 cm³/mol. The van der Waals surface area contributed by atoms with Gasteiger partial charge in [-0.1, -0.05) is 18.2 Å². The largest absolute Gasteiger partial charge is 0.323 e. The predicted octanol–water partition coefficient (Wildman–Crippen LogP) is 4.99. The van der Waals surface area contributed by atoms with Crippen molar-refractivity contribution in [2.75, 3.05) is 0 Å². The number of hydrogen-bond acceptors (Lipinski definition) is 4. The van der Waals surface area contributed by atoms with Gasteiger partial charge in [0.15, 0.2) is 0 Å². The van der Waals surface area contributed by atoms with Crippen LogP contribution in [0.1, 0.15) is 65.2 Å². The molecule has 1 saturated carbocycles. The fourth-order valence-electron chi connectivity index (χ4n) is 4.57. The number of nitrogens with two attached hydrogens (primary N) is 1. The monoisotopic (exact) mass is 469 g/mol. The van der Waals surface area contributed by atoms with Crippen LogP contribution in [0.15, 0.2) is 77.1 Å². The molecule has 7 heteroatoms. The number of aryl methyl sites for hydroxylation is 2. The minimum absolute atomic E-state index is 0.178. The highest BCUT2D eigenvalue weighted by molar-refractivity contribution is 6.12. The van der Waals surface area contributed by atoms with Crippen molar-refractivity contribution >= 4 is 5.71 Å². The summed E-state index contributed by atoms with van der Waals surface area (Å²) < 4.78 is 17.2. The Labute approximate surface area is 203 Å². The van der Waals surface area contributed by atoms with Gasteiger partial charge in [-0.15, -0.1) is 0 Å². The summed E-state index contributed by atoms with van der Waals surface area (Å²) in [6.07, 6.45) is 7.87. The van der Waals surface area contributed by atoms with Crippen LogP contribution in [0.5, 0.6) is 0 Å². The zero-order valence-electron chi connectivity index (χ0n) is 20.1. The first kappa shape index (κ1) is 22.8. The molecule has 1 aliphatic rings. The maximum absolute atomic E-state index is 13.7. The summed E-state index contributed by atoms with van der Waals surface area (Å²) in [4.78, 5) is 18.0. The van der Waals surface area contributed by atoms with E-state index in [-0.39, 0.29) is 17.4 Å². The third-order valence-electron chi connectivity index (χ3n) is 6.73. The van der Waals surface area contributed by atoms with Crippen LogP contribution in [0, 0.1) is 19.7 Å². The van der Waals surface area contributed by atoms with E-state index in [1.165, 1.54) is 12.1 Å². The molecule has 5 rings (SSSR count). The zero-order valence-corrected chi connectivity index (χ0v) is 20.1. The Morgan fingerprint density at radius 2 is 1.86 bits per heavy atom. The second-order valence-corrected chi connectivity index (χ2v) is 9.30. The Balaban J connectivity index is 1.59. The topological polar surface area (TPSA) is 78.2 Å². The average molecular weight is 470 g/mol. The van der Waals surface area contributed by atoms with Gasteiger partial charge in [0.1, 0.15) is 11.5 Å². The van der Waals surface area contributed by atoms with Crippen molar-refractivity contribution in [3.8, 4) is 5.69 Å². The van der Waals surface area contributed by atoms with Gasteiger partial charge in [0.25, 0.3) is 5.56 Å². The van der Waals surface area contributed by atoms with Gasteiger partial charge in [0.05, 0.1) is 23.6 Å². The lowest BCUT2D eigenvalue weighted by Gasteiger charge is -2.19. The molecule has 4 aromatic rings. The average Bonchev–Trinajstić information content (AvgIpc) is 3.61. The summed E-state index contributed by atoms with van der Waals surface area (Å²) in [5, 5.41) is 4.08. The van der Waals surface area contributed by atoms with Crippen molar-refractivity contribution in [1.82, 2.24) is 14.1 Å². The molecule has 1 unspecified atom stereocenters. The van der Waals surface area contributed by atoms with Gasteiger partial charge < -0.3 is 15.0 Å². The summed E-state index contributed by atoms with van der Waals surface area (Å²) in [7, 11) is 0. The van der Waals surface area contributed by atoms with Crippen LogP contribution in [-0.4, -0.2) is 19.8 Å². The SMILES string of the molecule is Cc1cn(-c2ccc(/C(=N/N)c3cc(C4CC4)cn(C(C)c4ccc(F)cc4)c3=O)cc2C)cn1. The molecular weight excluding hydrogens is 441 g/mol. The minimum atomic E-state index is -0.303. The van der Waals surface area contributed by atoms with Gasteiger partial charge in [0, 0.05) is 23.6 Å². The number of rotatable bonds is 6. The minimum Gasteiger partial charge on any atom is -0.323 e. The van der Waals surface area contributed by atoms with E-state index < -0.39 is 0 Å². The van der Waals surface area contributed by atoms with Crippen molar-refractivity contribution in [2.24, 2.45) is 10.9 Å². The Morgan fingerprint density at radius 3 is 2.46 bits per heavy atom. The number of nitrogens with zero attached hydrogens (tertiary/aromatic N) is 4. The van der Waals surface area contributed by atoms with Crippen molar-refractivity contribution in [3.63, 3.8) is 0 Å². The molecule has 2 aromatic heterocycles. The number of pyridine rings is 1. The fourth-order valence-corrected chi connectivity index (χ4v) is 4.57. The molecule has 2 heterocycles. The Kier molecular flexibility index (Phi) is 5.84. The molecule has 2 aromatic carbocycles. The summed E-state index contributed by atoms with van der Waals surface area (Å²) in [5.41, 5.74) is 6.42. The Morgan fingerprint density at radius 1 is 1.11 bits per heavy atom. The lowest BCUT2D eigenvalue weighted by atomic mass is 9.98. The maximum atomic E-state index is 13.7. The van der Waals surface area contributed by atoms with Gasteiger partial charge >= 0.3 is 0 Å². The molecule has 6 nitrogen and oxygen atoms in total. The highest BCUT2D eigenvalue weighted by atomic mass is 19.1. The van der Waals surface area contributed by atoms with Crippen LogP contribution < -0.4 is 11.4 Å². The molecule has 0 bridgehead atoms. The number of benzene rings is 2.